The first kappa shape index (κ1) is 15.2. The monoisotopic (exact) mass is 294 g/mol. The van der Waals surface area contributed by atoms with Crippen molar-refractivity contribution in [1.29, 1.82) is 0 Å². The molecule has 0 aromatic heterocycles. The molecule has 0 aliphatic heterocycles. The summed E-state index contributed by atoms with van der Waals surface area (Å²) in [6.45, 7) is -0.898. The van der Waals surface area contributed by atoms with Gasteiger partial charge in [0.05, 0.1) is 18.2 Å². The van der Waals surface area contributed by atoms with Crippen molar-refractivity contribution >= 4 is 27.3 Å². The molecule has 0 saturated heterocycles. The molecule has 0 aliphatic carbocycles. The van der Waals surface area contributed by atoms with Crippen molar-refractivity contribution in [2.24, 2.45) is 0 Å². The topological polar surface area (TPSA) is 104 Å². The van der Waals surface area contributed by atoms with Crippen LogP contribution in [0.25, 0.3) is 0 Å². The summed E-state index contributed by atoms with van der Waals surface area (Å²) in [5, 5.41) is 17.7. The van der Waals surface area contributed by atoms with Gasteiger partial charge in [-0.05, 0) is 18.2 Å². The molecule has 6 nitrogen and oxygen atoms in total. The Hall–Kier alpha value is -0.860. The number of benzene rings is 1. The van der Waals surface area contributed by atoms with Crippen LogP contribution in [0.2, 0.25) is 5.02 Å². The predicted octanol–water partition coefficient (Wildman–Crippen LogP) is -0.102. The normalized spacial score (nSPS) is 12.0. The fourth-order valence-electron chi connectivity index (χ4n) is 1.44. The van der Waals surface area contributed by atoms with E-state index >= 15 is 0 Å². The van der Waals surface area contributed by atoms with E-state index in [0.29, 0.717) is 5.69 Å². The first-order valence-corrected chi connectivity index (χ1v) is 7.02. The Bertz CT molecular complexity index is 501. The molecular weight excluding hydrogens is 280 g/mol. The number of aliphatic hydroxyl groups excluding tert-OH is 2. The number of nitrogen functional groups attached to an aromatic ring is 1. The molecule has 0 saturated carbocycles. The highest BCUT2D eigenvalue weighted by Crippen LogP contribution is 2.26. The molecule has 1 aromatic carbocycles. The van der Waals surface area contributed by atoms with Crippen LogP contribution in [-0.2, 0) is 10.0 Å². The number of aliphatic hydroxyl groups is 2. The van der Waals surface area contributed by atoms with Gasteiger partial charge in [0.25, 0.3) is 0 Å². The minimum absolute atomic E-state index is 0.0101. The van der Waals surface area contributed by atoms with Crippen molar-refractivity contribution in [2.75, 3.05) is 32.0 Å². The minimum atomic E-state index is -3.85. The minimum Gasteiger partial charge on any atom is -0.399 e. The maximum atomic E-state index is 12.2. The molecular formula is C10H15ClN2O4S. The Morgan fingerprint density at radius 3 is 2.22 bits per heavy atom. The van der Waals surface area contributed by atoms with Crippen LogP contribution in [0.15, 0.2) is 23.1 Å². The van der Waals surface area contributed by atoms with Crippen LogP contribution < -0.4 is 5.73 Å². The van der Waals surface area contributed by atoms with E-state index < -0.39 is 10.0 Å². The van der Waals surface area contributed by atoms with E-state index in [4.69, 9.17) is 27.5 Å². The van der Waals surface area contributed by atoms with E-state index in [0.717, 1.165) is 4.31 Å². The second-order valence-electron chi connectivity index (χ2n) is 3.54. The lowest BCUT2D eigenvalue weighted by Gasteiger charge is -2.20. The highest BCUT2D eigenvalue weighted by atomic mass is 35.5. The molecule has 0 unspecified atom stereocenters. The van der Waals surface area contributed by atoms with E-state index in [1.165, 1.54) is 18.2 Å². The molecule has 4 N–H and O–H groups in total. The van der Waals surface area contributed by atoms with Crippen LogP contribution in [0, 0.1) is 0 Å². The largest absolute Gasteiger partial charge is 0.399 e. The molecule has 0 radical (unpaired) electrons. The first-order chi connectivity index (χ1) is 8.43. The van der Waals surface area contributed by atoms with Crippen molar-refractivity contribution in [3.63, 3.8) is 0 Å². The van der Waals surface area contributed by atoms with Gasteiger partial charge in [-0.15, -0.1) is 0 Å². The van der Waals surface area contributed by atoms with Gasteiger partial charge in [0, 0.05) is 18.8 Å². The maximum absolute atomic E-state index is 12.2. The van der Waals surface area contributed by atoms with Crippen molar-refractivity contribution in [3.8, 4) is 0 Å². The van der Waals surface area contributed by atoms with Gasteiger partial charge in [0.15, 0.2) is 0 Å². The van der Waals surface area contributed by atoms with Gasteiger partial charge >= 0.3 is 0 Å². The fourth-order valence-corrected chi connectivity index (χ4v) is 3.39. The molecule has 1 aromatic rings. The first-order valence-electron chi connectivity index (χ1n) is 5.20. The highest BCUT2D eigenvalue weighted by molar-refractivity contribution is 7.89. The zero-order valence-electron chi connectivity index (χ0n) is 9.58. The van der Waals surface area contributed by atoms with Crippen LogP contribution in [0.5, 0.6) is 0 Å². The number of halogens is 1. The molecule has 0 amide bonds. The summed E-state index contributed by atoms with van der Waals surface area (Å²) in [6, 6.07) is 4.06. The SMILES string of the molecule is Nc1ccc(S(=O)(=O)N(CCO)CCO)c(Cl)c1. The second kappa shape index (κ2) is 6.35. The molecule has 1 rings (SSSR count). The number of sulfonamides is 1. The molecule has 8 heteroatoms. The van der Waals surface area contributed by atoms with E-state index in [2.05, 4.69) is 0 Å². The molecule has 102 valence electrons. The average Bonchev–Trinajstić information content (AvgIpc) is 2.28. The van der Waals surface area contributed by atoms with Crippen molar-refractivity contribution in [3.05, 3.63) is 23.2 Å². The van der Waals surface area contributed by atoms with Crippen molar-refractivity contribution < 1.29 is 18.6 Å². The van der Waals surface area contributed by atoms with Crippen LogP contribution in [0.3, 0.4) is 0 Å². The number of hydrogen-bond acceptors (Lipinski definition) is 5. The number of hydrogen-bond donors (Lipinski definition) is 3. The molecule has 0 bridgehead atoms. The van der Waals surface area contributed by atoms with E-state index in [-0.39, 0.29) is 36.2 Å². The molecule has 0 aliphatic rings. The summed E-state index contributed by atoms with van der Waals surface area (Å²) < 4.78 is 25.4. The Balaban J connectivity index is 3.17. The summed E-state index contributed by atoms with van der Waals surface area (Å²) in [7, 11) is -3.85. The van der Waals surface area contributed by atoms with Crippen LogP contribution in [0.1, 0.15) is 0 Å². The summed E-state index contributed by atoms with van der Waals surface area (Å²) >= 11 is 5.85. The second-order valence-corrected chi connectivity index (χ2v) is 5.85. The van der Waals surface area contributed by atoms with Gasteiger partial charge in [-0.1, -0.05) is 11.6 Å². The quantitative estimate of drug-likeness (QED) is 0.636. The van der Waals surface area contributed by atoms with Crippen LogP contribution >= 0.6 is 11.6 Å². The lowest BCUT2D eigenvalue weighted by molar-refractivity contribution is 0.217. The molecule has 0 fully saturated rings. The third-order valence-electron chi connectivity index (χ3n) is 2.27. The van der Waals surface area contributed by atoms with Crippen molar-refractivity contribution in [2.45, 2.75) is 4.90 Å². The van der Waals surface area contributed by atoms with Crippen LogP contribution in [-0.4, -0.2) is 49.2 Å². The highest BCUT2D eigenvalue weighted by Gasteiger charge is 2.25. The maximum Gasteiger partial charge on any atom is 0.244 e. The third-order valence-corrected chi connectivity index (χ3v) is 4.65. The summed E-state index contributed by atoms with van der Waals surface area (Å²) in [5.41, 5.74) is 5.85. The zero-order chi connectivity index (χ0) is 13.8. The van der Waals surface area contributed by atoms with E-state index in [9.17, 15) is 8.42 Å². The predicted molar refractivity (Wildman–Crippen MR) is 68.8 cm³/mol. The number of rotatable bonds is 6. The molecule has 0 spiro atoms. The van der Waals surface area contributed by atoms with Gasteiger partial charge in [-0.3, -0.25) is 0 Å². The number of anilines is 1. The molecule has 0 atom stereocenters. The Labute approximate surface area is 111 Å². The average molecular weight is 295 g/mol. The lowest BCUT2D eigenvalue weighted by atomic mass is 10.3. The van der Waals surface area contributed by atoms with Gasteiger partial charge in [0.2, 0.25) is 10.0 Å². The van der Waals surface area contributed by atoms with Crippen molar-refractivity contribution in [1.82, 2.24) is 4.31 Å². The van der Waals surface area contributed by atoms with Gasteiger partial charge in [-0.25, -0.2) is 8.42 Å². The van der Waals surface area contributed by atoms with E-state index in [1.54, 1.807) is 0 Å². The van der Waals surface area contributed by atoms with Gasteiger partial charge in [-0.2, -0.15) is 4.31 Å². The fraction of sp³-hybridized carbons (Fsp3) is 0.400. The zero-order valence-corrected chi connectivity index (χ0v) is 11.2. The Morgan fingerprint density at radius 1 is 1.22 bits per heavy atom. The van der Waals surface area contributed by atoms with E-state index in [1.807, 2.05) is 0 Å². The molecule has 0 heterocycles. The lowest BCUT2D eigenvalue weighted by Crippen LogP contribution is -2.36. The Morgan fingerprint density at radius 2 is 1.78 bits per heavy atom. The third kappa shape index (κ3) is 3.33. The van der Waals surface area contributed by atoms with Gasteiger partial charge in [0.1, 0.15) is 4.90 Å². The van der Waals surface area contributed by atoms with Gasteiger partial charge < -0.3 is 15.9 Å². The Kier molecular flexibility index (Phi) is 5.36. The van der Waals surface area contributed by atoms with Crippen LogP contribution in [0.4, 0.5) is 5.69 Å². The summed E-state index contributed by atoms with van der Waals surface area (Å²) in [4.78, 5) is -0.0970. The summed E-state index contributed by atoms with van der Waals surface area (Å²) in [6.07, 6.45) is 0. The number of nitrogens with zero attached hydrogens (tertiary/aromatic N) is 1. The standard InChI is InChI=1S/C10H15ClN2O4S/c11-9-7-8(12)1-2-10(9)18(16,17)13(3-5-14)4-6-15/h1-2,7,14-15H,3-6,12H2. The summed E-state index contributed by atoms with van der Waals surface area (Å²) in [5.74, 6) is 0. The molecule has 18 heavy (non-hydrogen) atoms. The smallest absolute Gasteiger partial charge is 0.244 e. The number of nitrogens with two attached hydrogens (primary N) is 1.